The molecule has 2 aromatic rings. The number of benzene rings is 2. The number of rotatable bonds is 4. The zero-order valence-corrected chi connectivity index (χ0v) is 11.8. The van der Waals surface area contributed by atoms with E-state index in [4.69, 9.17) is 5.73 Å². The lowest BCUT2D eigenvalue weighted by molar-refractivity contribution is 0.459. The molecule has 0 radical (unpaired) electrons. The average Bonchev–Trinajstić information content (AvgIpc) is 2.33. The number of nitrogens with two attached hydrogens (primary N) is 1. The number of hydrogen-bond donors (Lipinski definition) is 1. The van der Waals surface area contributed by atoms with E-state index in [0.717, 1.165) is 16.7 Å². The van der Waals surface area contributed by atoms with Crippen molar-refractivity contribution < 1.29 is 8.78 Å². The molecule has 2 rings (SSSR count). The molecule has 0 spiro atoms. The molecule has 0 saturated heterocycles. The van der Waals surface area contributed by atoms with Crippen molar-refractivity contribution in [1.29, 1.82) is 0 Å². The van der Waals surface area contributed by atoms with E-state index in [2.05, 4.69) is 0 Å². The Hall–Kier alpha value is -1.74. The van der Waals surface area contributed by atoms with Gasteiger partial charge in [0.15, 0.2) is 0 Å². The van der Waals surface area contributed by atoms with Crippen molar-refractivity contribution in [2.75, 3.05) is 0 Å². The van der Waals surface area contributed by atoms with Crippen molar-refractivity contribution >= 4 is 0 Å². The van der Waals surface area contributed by atoms with Gasteiger partial charge in [0.25, 0.3) is 0 Å². The third-order valence-corrected chi connectivity index (χ3v) is 3.40. The average molecular weight is 275 g/mol. The van der Waals surface area contributed by atoms with Gasteiger partial charge in [-0.1, -0.05) is 18.2 Å². The molecule has 2 aromatic carbocycles. The highest BCUT2D eigenvalue weighted by Gasteiger charge is 2.21. The molecule has 106 valence electrons. The summed E-state index contributed by atoms with van der Waals surface area (Å²) in [5.74, 6) is -0.521. The molecule has 0 fully saturated rings. The van der Waals surface area contributed by atoms with Gasteiger partial charge in [-0.25, -0.2) is 8.78 Å². The molecule has 2 N–H and O–H groups in total. The maximum atomic E-state index is 13.3. The van der Waals surface area contributed by atoms with Crippen molar-refractivity contribution in [3.63, 3.8) is 0 Å². The zero-order chi connectivity index (χ0) is 14.8. The van der Waals surface area contributed by atoms with E-state index in [1.54, 1.807) is 12.1 Å². The zero-order valence-electron chi connectivity index (χ0n) is 11.8. The first-order valence-corrected chi connectivity index (χ1v) is 6.64. The van der Waals surface area contributed by atoms with Crippen LogP contribution in [-0.4, -0.2) is 5.54 Å². The van der Waals surface area contributed by atoms with Crippen molar-refractivity contribution in [3.05, 3.63) is 70.8 Å². The van der Waals surface area contributed by atoms with E-state index in [1.807, 2.05) is 19.9 Å². The summed E-state index contributed by atoms with van der Waals surface area (Å²) >= 11 is 0. The highest BCUT2D eigenvalue weighted by molar-refractivity contribution is 5.29. The second-order valence-corrected chi connectivity index (χ2v) is 5.71. The van der Waals surface area contributed by atoms with E-state index in [0.29, 0.717) is 12.8 Å². The Kier molecular flexibility index (Phi) is 4.19. The molecule has 0 amide bonds. The molecule has 0 aliphatic heterocycles. The van der Waals surface area contributed by atoms with Gasteiger partial charge in [-0.15, -0.1) is 0 Å². The monoisotopic (exact) mass is 275 g/mol. The summed E-state index contributed by atoms with van der Waals surface area (Å²) in [7, 11) is 0. The van der Waals surface area contributed by atoms with Crippen LogP contribution in [-0.2, 0) is 12.8 Å². The fourth-order valence-electron chi connectivity index (χ4n) is 2.44. The third kappa shape index (κ3) is 3.87. The molecular weight excluding hydrogens is 256 g/mol. The van der Waals surface area contributed by atoms with Gasteiger partial charge in [0.05, 0.1) is 0 Å². The van der Waals surface area contributed by atoms with Crippen molar-refractivity contribution in [3.8, 4) is 0 Å². The Morgan fingerprint density at radius 1 is 1.00 bits per heavy atom. The predicted molar refractivity (Wildman–Crippen MR) is 77.5 cm³/mol. The molecule has 1 unspecified atom stereocenters. The van der Waals surface area contributed by atoms with Gasteiger partial charge in [-0.2, -0.15) is 0 Å². The quantitative estimate of drug-likeness (QED) is 0.903. The Labute approximate surface area is 118 Å². The molecule has 20 heavy (non-hydrogen) atoms. The van der Waals surface area contributed by atoms with Crippen LogP contribution >= 0.6 is 0 Å². The minimum absolute atomic E-state index is 0.257. The van der Waals surface area contributed by atoms with Gasteiger partial charge in [0, 0.05) is 5.54 Å². The van der Waals surface area contributed by atoms with Crippen LogP contribution in [0, 0.1) is 18.6 Å². The van der Waals surface area contributed by atoms with Crippen LogP contribution in [0.15, 0.2) is 42.5 Å². The molecular formula is C17H19F2N. The van der Waals surface area contributed by atoms with Crippen LogP contribution in [0.1, 0.15) is 23.6 Å². The third-order valence-electron chi connectivity index (χ3n) is 3.40. The van der Waals surface area contributed by atoms with Gasteiger partial charge < -0.3 is 5.73 Å². The summed E-state index contributed by atoms with van der Waals surface area (Å²) in [6, 6.07) is 11.1. The molecule has 0 aliphatic carbocycles. The lowest BCUT2D eigenvalue weighted by atomic mass is 9.86. The van der Waals surface area contributed by atoms with Crippen molar-refractivity contribution in [2.45, 2.75) is 32.2 Å². The van der Waals surface area contributed by atoms with Crippen molar-refractivity contribution in [1.82, 2.24) is 0 Å². The summed E-state index contributed by atoms with van der Waals surface area (Å²) in [5.41, 5.74) is 8.52. The Bertz CT molecular complexity index is 606. The summed E-state index contributed by atoms with van der Waals surface area (Å²) in [4.78, 5) is 0. The molecule has 0 saturated carbocycles. The summed E-state index contributed by atoms with van der Waals surface area (Å²) < 4.78 is 26.5. The van der Waals surface area contributed by atoms with E-state index >= 15 is 0 Å². The Morgan fingerprint density at radius 2 is 1.70 bits per heavy atom. The normalized spacial score (nSPS) is 14.1. The smallest absolute Gasteiger partial charge is 0.123 e. The molecule has 0 bridgehead atoms. The maximum Gasteiger partial charge on any atom is 0.123 e. The largest absolute Gasteiger partial charge is 0.325 e. The Morgan fingerprint density at radius 3 is 2.40 bits per heavy atom. The summed E-state index contributed by atoms with van der Waals surface area (Å²) in [6.07, 6.45) is 1.09. The fraction of sp³-hybridized carbons (Fsp3) is 0.294. The van der Waals surface area contributed by atoms with E-state index in [1.165, 1.54) is 24.3 Å². The fourth-order valence-corrected chi connectivity index (χ4v) is 2.44. The van der Waals surface area contributed by atoms with Crippen LogP contribution in [0.25, 0.3) is 0 Å². The first kappa shape index (κ1) is 14.7. The van der Waals surface area contributed by atoms with E-state index in [-0.39, 0.29) is 11.6 Å². The number of halogens is 2. The van der Waals surface area contributed by atoms with Crippen LogP contribution in [0.3, 0.4) is 0 Å². The molecule has 0 aromatic heterocycles. The standard InChI is InChI=1S/C17H19F2N/c1-12-6-7-16(19)9-14(12)11-17(2,20)10-13-4-3-5-15(18)8-13/h3-9H,10-11,20H2,1-2H3. The Balaban J connectivity index is 2.16. The highest BCUT2D eigenvalue weighted by atomic mass is 19.1. The SMILES string of the molecule is Cc1ccc(F)cc1CC(C)(N)Cc1cccc(F)c1. The lowest BCUT2D eigenvalue weighted by Gasteiger charge is -2.26. The first-order valence-electron chi connectivity index (χ1n) is 6.64. The minimum atomic E-state index is -0.549. The van der Waals surface area contributed by atoms with Crippen LogP contribution in [0.5, 0.6) is 0 Å². The maximum absolute atomic E-state index is 13.3. The van der Waals surface area contributed by atoms with E-state index in [9.17, 15) is 8.78 Å². The van der Waals surface area contributed by atoms with Crippen LogP contribution in [0.2, 0.25) is 0 Å². The minimum Gasteiger partial charge on any atom is -0.325 e. The molecule has 0 heterocycles. The topological polar surface area (TPSA) is 26.0 Å². The number of aryl methyl sites for hydroxylation is 1. The second-order valence-electron chi connectivity index (χ2n) is 5.71. The van der Waals surface area contributed by atoms with Gasteiger partial charge in [0.1, 0.15) is 11.6 Å². The lowest BCUT2D eigenvalue weighted by Crippen LogP contribution is -2.41. The molecule has 1 atom stereocenters. The predicted octanol–water partition coefficient (Wildman–Crippen LogP) is 3.78. The van der Waals surface area contributed by atoms with Gasteiger partial charge in [0.2, 0.25) is 0 Å². The van der Waals surface area contributed by atoms with Crippen LogP contribution < -0.4 is 5.73 Å². The van der Waals surface area contributed by atoms with Crippen molar-refractivity contribution in [2.24, 2.45) is 5.73 Å². The van der Waals surface area contributed by atoms with E-state index < -0.39 is 5.54 Å². The highest BCUT2D eigenvalue weighted by Crippen LogP contribution is 2.20. The first-order chi connectivity index (χ1) is 9.35. The summed E-state index contributed by atoms with van der Waals surface area (Å²) in [6.45, 7) is 3.84. The molecule has 3 heteroatoms. The molecule has 0 aliphatic rings. The van der Waals surface area contributed by atoms with Crippen LogP contribution in [0.4, 0.5) is 8.78 Å². The van der Waals surface area contributed by atoms with Gasteiger partial charge in [-0.05, 0) is 67.6 Å². The number of hydrogen-bond acceptors (Lipinski definition) is 1. The molecule has 1 nitrogen and oxygen atoms in total. The summed E-state index contributed by atoms with van der Waals surface area (Å²) in [5, 5.41) is 0. The van der Waals surface area contributed by atoms with Gasteiger partial charge >= 0.3 is 0 Å². The van der Waals surface area contributed by atoms with Gasteiger partial charge in [-0.3, -0.25) is 0 Å². The second kappa shape index (κ2) is 5.71.